The Balaban J connectivity index is 3.01. The lowest BCUT2D eigenvalue weighted by atomic mass is 9.92. The van der Waals surface area contributed by atoms with Crippen LogP contribution in [0.3, 0.4) is 0 Å². The van der Waals surface area contributed by atoms with Gasteiger partial charge in [-0.15, -0.1) is 11.8 Å². The zero-order chi connectivity index (χ0) is 14.2. The van der Waals surface area contributed by atoms with Crippen LogP contribution in [-0.4, -0.2) is 31.1 Å². The van der Waals surface area contributed by atoms with Gasteiger partial charge < -0.3 is 9.05 Å². The Morgan fingerprint density at radius 2 is 1.78 bits per heavy atom. The van der Waals surface area contributed by atoms with E-state index in [1.807, 2.05) is 11.8 Å². The van der Waals surface area contributed by atoms with Crippen LogP contribution >= 0.6 is 19.4 Å². The van der Waals surface area contributed by atoms with E-state index in [1.54, 1.807) is 0 Å². The Kier molecular flexibility index (Phi) is 5.00. The first-order chi connectivity index (χ1) is 8.07. The van der Waals surface area contributed by atoms with Crippen LogP contribution in [-0.2, 0) is 13.6 Å². The molecule has 1 aliphatic rings. The SMILES string of the molecule is COP(=O)(OC)[C@H]1N[C@@H](C(C)(C)C)SCC1(C)C. The molecule has 1 fully saturated rings. The molecule has 0 unspecified atom stereocenters. The van der Waals surface area contributed by atoms with E-state index in [0.29, 0.717) is 0 Å². The first kappa shape index (κ1) is 16.5. The van der Waals surface area contributed by atoms with E-state index in [2.05, 4.69) is 39.9 Å². The molecule has 1 N–H and O–H groups in total. The summed E-state index contributed by atoms with van der Waals surface area (Å²) >= 11 is 1.87. The molecule has 1 saturated heterocycles. The molecule has 0 saturated carbocycles. The van der Waals surface area contributed by atoms with Crippen LogP contribution in [0.25, 0.3) is 0 Å². The van der Waals surface area contributed by atoms with E-state index < -0.39 is 7.60 Å². The summed E-state index contributed by atoms with van der Waals surface area (Å²) in [6, 6.07) is 0. The number of thioether (sulfide) groups is 1. The van der Waals surface area contributed by atoms with Crippen LogP contribution in [0.15, 0.2) is 0 Å². The van der Waals surface area contributed by atoms with Crippen LogP contribution in [0.1, 0.15) is 34.6 Å². The maximum atomic E-state index is 12.7. The summed E-state index contributed by atoms with van der Waals surface area (Å²) in [6.07, 6.45) is 0. The van der Waals surface area contributed by atoms with E-state index in [0.717, 1.165) is 5.75 Å². The van der Waals surface area contributed by atoms with Crippen molar-refractivity contribution in [2.45, 2.75) is 45.8 Å². The minimum atomic E-state index is -3.11. The van der Waals surface area contributed by atoms with Crippen LogP contribution in [0, 0.1) is 10.8 Å². The van der Waals surface area contributed by atoms with Gasteiger partial charge in [-0.1, -0.05) is 34.6 Å². The van der Waals surface area contributed by atoms with Crippen molar-refractivity contribution in [2.24, 2.45) is 10.8 Å². The summed E-state index contributed by atoms with van der Waals surface area (Å²) in [7, 11) is -0.201. The minimum Gasteiger partial charge on any atom is -0.311 e. The average molecular weight is 295 g/mol. The van der Waals surface area contributed by atoms with Gasteiger partial charge in [0.1, 0.15) is 5.78 Å². The first-order valence-corrected chi connectivity index (χ1v) is 8.82. The minimum absolute atomic E-state index is 0.103. The molecule has 0 aromatic carbocycles. The molecule has 2 atom stereocenters. The lowest BCUT2D eigenvalue weighted by Gasteiger charge is -2.47. The highest BCUT2D eigenvalue weighted by atomic mass is 32.2. The van der Waals surface area contributed by atoms with Crippen molar-refractivity contribution in [3.63, 3.8) is 0 Å². The van der Waals surface area contributed by atoms with Crippen molar-refractivity contribution in [3.05, 3.63) is 0 Å². The van der Waals surface area contributed by atoms with Gasteiger partial charge >= 0.3 is 7.60 Å². The Bertz CT molecular complexity index is 333. The molecule has 1 heterocycles. The van der Waals surface area contributed by atoms with Crippen molar-refractivity contribution in [1.82, 2.24) is 5.32 Å². The fraction of sp³-hybridized carbons (Fsp3) is 1.00. The summed E-state index contributed by atoms with van der Waals surface area (Å²) in [5.41, 5.74) is -0.0281. The van der Waals surface area contributed by atoms with Gasteiger partial charge in [-0.25, -0.2) is 0 Å². The molecule has 0 spiro atoms. The normalized spacial score (nSPS) is 29.3. The molecular weight excluding hydrogens is 269 g/mol. The molecule has 0 aromatic heterocycles. The molecular formula is C12H26NO3PS. The van der Waals surface area contributed by atoms with Crippen LogP contribution < -0.4 is 5.32 Å². The number of nitrogens with one attached hydrogen (secondary N) is 1. The van der Waals surface area contributed by atoms with Gasteiger partial charge in [0.15, 0.2) is 0 Å². The van der Waals surface area contributed by atoms with E-state index >= 15 is 0 Å². The lowest BCUT2D eigenvalue weighted by Crippen LogP contribution is -2.55. The standard InChI is InChI=1S/C12H26NO3PS/c1-11(2,3)10-13-9(12(4,5)8-18-10)17(14,15-6)16-7/h9-10,13H,8H2,1-7H3/t9-,10-/m1/s1. The van der Waals surface area contributed by atoms with Crippen molar-refractivity contribution in [1.29, 1.82) is 0 Å². The van der Waals surface area contributed by atoms with Crippen molar-refractivity contribution in [3.8, 4) is 0 Å². The fourth-order valence-corrected chi connectivity index (χ4v) is 5.67. The molecule has 6 heteroatoms. The lowest BCUT2D eigenvalue weighted by molar-refractivity contribution is 0.198. The quantitative estimate of drug-likeness (QED) is 0.807. The average Bonchev–Trinajstić information content (AvgIpc) is 2.26. The van der Waals surface area contributed by atoms with Gasteiger partial charge in [-0.3, -0.25) is 9.88 Å². The smallest absolute Gasteiger partial charge is 0.311 e. The summed E-state index contributed by atoms with van der Waals surface area (Å²) < 4.78 is 23.0. The second-order valence-electron chi connectivity index (χ2n) is 6.52. The largest absolute Gasteiger partial charge is 0.347 e. The topological polar surface area (TPSA) is 47.6 Å². The Morgan fingerprint density at radius 3 is 2.17 bits per heavy atom. The predicted molar refractivity (Wildman–Crippen MR) is 78.0 cm³/mol. The Labute approximate surface area is 115 Å². The molecule has 0 radical (unpaired) electrons. The van der Waals surface area contributed by atoms with Crippen LogP contribution in [0.4, 0.5) is 0 Å². The number of hydrogen-bond donors (Lipinski definition) is 1. The summed E-state index contributed by atoms with van der Waals surface area (Å²) in [5, 5.41) is 3.72. The number of rotatable bonds is 3. The van der Waals surface area contributed by atoms with Crippen molar-refractivity contribution >= 4 is 19.4 Å². The first-order valence-electron chi connectivity index (χ1n) is 6.16. The third-order valence-corrected chi connectivity index (χ3v) is 7.87. The summed E-state index contributed by atoms with van der Waals surface area (Å²) in [5.74, 6) is 0.661. The molecule has 1 aliphatic heterocycles. The number of hydrogen-bond acceptors (Lipinski definition) is 5. The summed E-state index contributed by atoms with van der Waals surface area (Å²) in [6.45, 7) is 10.7. The molecule has 0 aliphatic carbocycles. The monoisotopic (exact) mass is 295 g/mol. The molecule has 0 aromatic rings. The van der Waals surface area contributed by atoms with E-state index in [1.165, 1.54) is 14.2 Å². The molecule has 0 bridgehead atoms. The maximum absolute atomic E-state index is 12.7. The van der Waals surface area contributed by atoms with E-state index in [9.17, 15) is 4.57 Å². The zero-order valence-electron chi connectivity index (χ0n) is 12.4. The molecule has 0 amide bonds. The molecule has 108 valence electrons. The van der Waals surface area contributed by atoms with Gasteiger partial charge in [-0.2, -0.15) is 0 Å². The molecule has 1 rings (SSSR count). The van der Waals surface area contributed by atoms with Gasteiger partial charge in [0.05, 0.1) is 5.37 Å². The fourth-order valence-electron chi connectivity index (χ4n) is 2.10. The zero-order valence-corrected chi connectivity index (χ0v) is 14.2. The second-order valence-corrected chi connectivity index (χ2v) is 9.94. The highest BCUT2D eigenvalue weighted by Gasteiger charge is 2.50. The van der Waals surface area contributed by atoms with E-state index in [-0.39, 0.29) is 22.0 Å². The third-order valence-electron chi connectivity index (χ3n) is 3.28. The van der Waals surface area contributed by atoms with Crippen LogP contribution in [0.5, 0.6) is 0 Å². The van der Waals surface area contributed by atoms with Gasteiger partial charge in [0, 0.05) is 25.4 Å². The van der Waals surface area contributed by atoms with Gasteiger partial charge in [0.2, 0.25) is 0 Å². The maximum Gasteiger partial charge on any atom is 0.347 e. The highest BCUT2D eigenvalue weighted by Crippen LogP contribution is 2.59. The third kappa shape index (κ3) is 3.31. The Morgan fingerprint density at radius 1 is 1.28 bits per heavy atom. The van der Waals surface area contributed by atoms with E-state index in [4.69, 9.17) is 9.05 Å². The van der Waals surface area contributed by atoms with Gasteiger partial charge in [-0.05, 0) is 5.41 Å². The molecule has 18 heavy (non-hydrogen) atoms. The predicted octanol–water partition coefficient (Wildman–Crippen LogP) is 3.53. The van der Waals surface area contributed by atoms with Crippen molar-refractivity contribution < 1.29 is 13.6 Å². The van der Waals surface area contributed by atoms with Crippen LogP contribution in [0.2, 0.25) is 0 Å². The summed E-state index contributed by atoms with van der Waals surface area (Å²) in [4.78, 5) is 0. The van der Waals surface area contributed by atoms with Gasteiger partial charge in [0.25, 0.3) is 0 Å². The highest BCUT2D eigenvalue weighted by molar-refractivity contribution is 8.00. The second kappa shape index (κ2) is 5.45. The Hall–Kier alpha value is 0.460. The van der Waals surface area contributed by atoms with Crippen molar-refractivity contribution in [2.75, 3.05) is 20.0 Å². The molecule has 4 nitrogen and oxygen atoms in total.